The number of amides is 4. The fourth-order valence-electron chi connectivity index (χ4n) is 19.5. The highest BCUT2D eigenvalue weighted by Crippen LogP contribution is 2.48. The van der Waals surface area contributed by atoms with Gasteiger partial charge in [0, 0.05) is 145 Å². The lowest BCUT2D eigenvalue weighted by Gasteiger charge is -2.26. The van der Waals surface area contributed by atoms with Crippen LogP contribution < -0.4 is 18.9 Å². The third-order valence-corrected chi connectivity index (χ3v) is 25.1. The summed E-state index contributed by atoms with van der Waals surface area (Å²) >= 11 is 0. The van der Waals surface area contributed by atoms with Gasteiger partial charge in [-0.1, -0.05) is 140 Å². The first-order chi connectivity index (χ1) is 56.2. The van der Waals surface area contributed by atoms with Crippen LogP contribution in [0.4, 0.5) is 0 Å². The van der Waals surface area contributed by atoms with Gasteiger partial charge in [-0.25, -0.2) is 24.6 Å². The average molecular weight is 1540 g/mol. The summed E-state index contributed by atoms with van der Waals surface area (Å²) in [5, 5.41) is 8.65. The molecule has 12 aromatic rings. The summed E-state index contributed by atoms with van der Waals surface area (Å²) in [6, 6.07) is 65.7. The maximum Gasteiger partial charge on any atom is 0.290 e. The minimum Gasteiger partial charge on any atom is -0.477 e. The molecular formula is C96H98N10O9. The van der Waals surface area contributed by atoms with E-state index in [2.05, 4.69) is 76.1 Å². The normalized spacial score (nSPS) is 23.0. The Kier molecular flexibility index (Phi) is 22.1. The summed E-state index contributed by atoms with van der Waals surface area (Å²) in [7, 11) is 0. The zero-order valence-electron chi connectivity index (χ0n) is 65.9. The van der Waals surface area contributed by atoms with Crippen LogP contribution in [0.15, 0.2) is 242 Å². The Balaban J connectivity index is 0.000000111. The van der Waals surface area contributed by atoms with Crippen molar-refractivity contribution in [2.24, 2.45) is 23.7 Å². The second kappa shape index (κ2) is 33.6. The van der Waals surface area contributed by atoms with Crippen molar-refractivity contribution in [3.8, 4) is 40.3 Å². The monoisotopic (exact) mass is 1530 g/mol. The number of hydrogen-bond donors (Lipinski definition) is 0. The van der Waals surface area contributed by atoms with E-state index in [0.29, 0.717) is 97.0 Å². The molecule has 14 heterocycles. The molecule has 8 saturated heterocycles. The number of rotatable bonds is 18. The van der Waals surface area contributed by atoms with Gasteiger partial charge in [-0.2, -0.15) is 5.10 Å². The van der Waals surface area contributed by atoms with Crippen molar-refractivity contribution >= 4 is 45.2 Å². The minimum atomic E-state index is -0.00249. The number of aromatic nitrogens is 6. The summed E-state index contributed by atoms with van der Waals surface area (Å²) < 4.78 is 31.2. The van der Waals surface area contributed by atoms with E-state index in [1.54, 1.807) is 17.1 Å². The Bertz CT molecular complexity index is 5410. The number of carbonyl (C=O) groups is 4. The molecule has 12 atom stereocenters. The molecule has 0 spiro atoms. The van der Waals surface area contributed by atoms with E-state index in [9.17, 15) is 19.2 Å². The van der Waals surface area contributed by atoms with Crippen LogP contribution in [0, 0.1) is 58.3 Å². The zero-order chi connectivity index (χ0) is 78.6. The van der Waals surface area contributed by atoms with Crippen molar-refractivity contribution in [3.05, 3.63) is 288 Å². The molecule has 6 aromatic heterocycles. The number of ether oxygens (including phenoxy) is 4. The summed E-state index contributed by atoms with van der Waals surface area (Å²) in [5.41, 5.74) is 10.6. The van der Waals surface area contributed by atoms with Gasteiger partial charge in [0.2, 0.25) is 23.5 Å². The third kappa shape index (κ3) is 15.9. The van der Waals surface area contributed by atoms with Gasteiger partial charge in [0.15, 0.2) is 5.76 Å². The number of carbonyl (C=O) groups excluding carboxylic acids is 4. The van der Waals surface area contributed by atoms with Gasteiger partial charge < -0.3 is 43.0 Å². The lowest BCUT2D eigenvalue weighted by Crippen LogP contribution is -2.38. The topological polar surface area (TPSA) is 201 Å². The van der Waals surface area contributed by atoms with Crippen molar-refractivity contribution in [3.63, 3.8) is 0 Å². The molecule has 8 fully saturated rings. The zero-order valence-corrected chi connectivity index (χ0v) is 65.9. The molecule has 4 amide bonds. The first-order valence-corrected chi connectivity index (χ1v) is 40.9. The van der Waals surface area contributed by atoms with Crippen LogP contribution in [-0.2, 0) is 0 Å². The van der Waals surface area contributed by atoms with E-state index in [0.717, 1.165) is 154 Å². The lowest BCUT2D eigenvalue weighted by molar-refractivity contribution is 0.0674. The van der Waals surface area contributed by atoms with Crippen molar-refractivity contribution in [1.29, 1.82) is 0 Å². The molecule has 20 rings (SSSR count). The number of benzene rings is 6. The van der Waals surface area contributed by atoms with E-state index in [1.165, 1.54) is 0 Å². The highest BCUT2D eigenvalue weighted by molar-refractivity contribution is 6.09. The molecule has 0 N–H and O–H groups in total. The number of furan rings is 1. The predicted octanol–water partition coefficient (Wildman–Crippen LogP) is 17.9. The van der Waals surface area contributed by atoms with Crippen LogP contribution in [0.3, 0.4) is 0 Å². The maximum atomic E-state index is 13.7. The quantitative estimate of drug-likeness (QED) is 0.0785. The highest BCUT2D eigenvalue weighted by Gasteiger charge is 2.53. The van der Waals surface area contributed by atoms with Gasteiger partial charge in [0.25, 0.3) is 23.6 Å². The van der Waals surface area contributed by atoms with Gasteiger partial charge in [-0.05, 0) is 197 Å². The Morgan fingerprint density at radius 3 is 1.26 bits per heavy atom. The molecule has 12 unspecified atom stereocenters. The first-order valence-electron chi connectivity index (χ1n) is 40.9. The van der Waals surface area contributed by atoms with Crippen molar-refractivity contribution in [2.75, 3.05) is 26.4 Å². The average Bonchev–Trinajstić information content (AvgIpc) is 1.63. The molecule has 19 nitrogen and oxygen atoms in total. The number of pyridine rings is 4. The standard InChI is InChI=1S/C25H26N2O2.C24H24N2O3.C24H24N2O2.C23H24N4O2/c1-16-7-12-23(26-14-16)29-15-19-13-20-10-11-22(19)27(20)25(28)24-17(2)8-9-18-5-3-4-6-21(18)24;1-16-7-10-22(25-14-16)29-15-18-13-19-8-9-21(18)26(19)24(27)23-20(11-12-28-23)17-5-3-2-4-6-17;1-16-9-12-23(25-14-16)28-15-18-13-19-10-11-22(18)26(19)24(27)21-8-4-6-17-5-2-3-7-20(17)21;1-16-7-10-22(24-14-16)29-15-17-13-18-8-9-20(17)27(18)23(28)19-5-2-3-6-21(19)26-12-4-11-25-26/h3-9,12,14,19-20,22H,10-11,13,15H2,1-2H3;2-7,10-12,14,18-19,21H,8-9,13,15H2,1H3;2-9,12,14,18-19,22H,10-11,13,15H2,1H3;2-7,10-12,14,17-18,20H,8-9,13,15H2,1H3. The Morgan fingerprint density at radius 1 is 0.383 bits per heavy atom. The molecule has 19 heteroatoms. The van der Waals surface area contributed by atoms with Crippen molar-refractivity contribution in [1.82, 2.24) is 49.3 Å². The van der Waals surface area contributed by atoms with E-state index in [-0.39, 0.29) is 59.9 Å². The maximum absolute atomic E-state index is 13.7. The van der Waals surface area contributed by atoms with Crippen LogP contribution in [0.25, 0.3) is 38.4 Å². The van der Waals surface area contributed by atoms with Crippen LogP contribution in [0.5, 0.6) is 23.5 Å². The smallest absolute Gasteiger partial charge is 0.290 e. The van der Waals surface area contributed by atoms with E-state index in [1.807, 2.05) is 228 Å². The fraction of sp³-hybridized carbons (Fsp3) is 0.344. The Labute approximate surface area is 671 Å². The van der Waals surface area contributed by atoms with Gasteiger partial charge >= 0.3 is 0 Å². The SMILES string of the molecule is Cc1ccc(OCC2CC3CCC2N3C(=O)c2c(C)ccc3ccccc23)nc1.Cc1ccc(OCC2CC3CCC2N3C(=O)c2cccc3ccccc23)nc1.Cc1ccc(OCC2CC3CCC2N3C(=O)c2ccccc2-n2cccn2)nc1.Cc1ccc(OCC2CC3CCC2N3C(=O)c2occc2-c2ccccc2)nc1. The summed E-state index contributed by atoms with van der Waals surface area (Å²) in [4.78, 5) is 79.8. The lowest BCUT2D eigenvalue weighted by atomic mass is 9.90. The molecule has 8 aliphatic rings. The van der Waals surface area contributed by atoms with Gasteiger partial charge in [0.1, 0.15) is 0 Å². The van der Waals surface area contributed by atoms with Crippen LogP contribution in [0.1, 0.15) is 146 Å². The molecular weight excluding hydrogens is 1440 g/mol. The molecule has 0 radical (unpaired) electrons. The number of para-hydroxylation sites is 1. The van der Waals surface area contributed by atoms with Crippen LogP contribution >= 0.6 is 0 Å². The molecule has 115 heavy (non-hydrogen) atoms. The number of aryl methyl sites for hydroxylation is 5. The summed E-state index contributed by atoms with van der Waals surface area (Å²) in [5.74, 6) is 4.94. The van der Waals surface area contributed by atoms with Crippen molar-refractivity contribution in [2.45, 2.75) is 160 Å². The first kappa shape index (κ1) is 75.7. The second-order valence-electron chi connectivity index (χ2n) is 32.5. The number of nitrogens with zero attached hydrogens (tertiary/aromatic N) is 10. The van der Waals surface area contributed by atoms with E-state index < -0.39 is 0 Å². The third-order valence-electron chi connectivity index (χ3n) is 25.1. The molecule has 0 aliphatic carbocycles. The Hall–Kier alpha value is -12.0. The van der Waals surface area contributed by atoms with E-state index in [4.69, 9.17) is 23.4 Å². The summed E-state index contributed by atoms with van der Waals surface area (Å²) in [6.07, 6.45) is 25.0. The predicted molar refractivity (Wildman–Crippen MR) is 443 cm³/mol. The minimum absolute atomic E-state index is 0.00249. The van der Waals surface area contributed by atoms with Crippen molar-refractivity contribution < 1.29 is 42.5 Å². The largest absolute Gasteiger partial charge is 0.477 e. The van der Waals surface area contributed by atoms with Gasteiger partial charge in [-0.3, -0.25) is 19.2 Å². The Morgan fingerprint density at radius 2 is 0.791 bits per heavy atom. The molecule has 8 bridgehead atoms. The van der Waals surface area contributed by atoms with Crippen LogP contribution in [0.2, 0.25) is 0 Å². The van der Waals surface area contributed by atoms with E-state index >= 15 is 0 Å². The number of hydrogen-bond acceptors (Lipinski definition) is 14. The van der Waals surface area contributed by atoms with Gasteiger partial charge in [0.05, 0.1) is 49.5 Å². The fourth-order valence-corrected chi connectivity index (χ4v) is 19.5. The van der Waals surface area contributed by atoms with Gasteiger partial charge in [-0.15, -0.1) is 0 Å². The van der Waals surface area contributed by atoms with Crippen LogP contribution in [-0.4, -0.2) is 148 Å². The molecule has 586 valence electrons. The molecule has 6 aromatic carbocycles. The second-order valence-corrected chi connectivity index (χ2v) is 32.5. The molecule has 0 saturated carbocycles. The highest BCUT2D eigenvalue weighted by atomic mass is 16.5. The number of fused-ring (bicyclic) bond motifs is 10. The summed E-state index contributed by atoms with van der Waals surface area (Å²) in [6.45, 7) is 12.5. The molecule has 8 aliphatic heterocycles.